The molecule has 2 aliphatic rings. The largest absolute Gasteiger partial charge is 0.406 e. The second kappa shape index (κ2) is 9.71. The van der Waals surface area contributed by atoms with Gasteiger partial charge in [-0.15, -0.1) is 0 Å². The molecule has 0 aromatic heterocycles. The first-order valence-corrected chi connectivity index (χ1v) is 10.8. The lowest BCUT2D eigenvalue weighted by Crippen LogP contribution is -2.35. The predicted molar refractivity (Wildman–Crippen MR) is 112 cm³/mol. The summed E-state index contributed by atoms with van der Waals surface area (Å²) in [5.41, 5.74) is 0.457. The number of anilines is 1. The molecule has 1 aromatic carbocycles. The Kier molecular flexibility index (Phi) is 7.24. The van der Waals surface area contributed by atoms with E-state index in [0.717, 1.165) is 39.4 Å². The number of hydrogen-bond acceptors (Lipinski definition) is 5. The molecule has 0 aliphatic carbocycles. The molecule has 168 valence electrons. The number of alkyl halides is 3. The summed E-state index contributed by atoms with van der Waals surface area (Å²) in [5.74, 6) is -1.48. The molecular weight excluding hydrogens is 433 g/mol. The van der Waals surface area contributed by atoms with Crippen molar-refractivity contribution in [1.82, 2.24) is 9.80 Å². The van der Waals surface area contributed by atoms with Gasteiger partial charge in [0.2, 0.25) is 5.91 Å². The van der Waals surface area contributed by atoms with Crippen molar-refractivity contribution >= 4 is 40.3 Å². The number of aliphatic imine (C=N–C) groups is 1. The molecular formula is C20H23F3N4O3S. The highest BCUT2D eigenvalue weighted by Crippen LogP contribution is 2.29. The number of amidine groups is 1. The van der Waals surface area contributed by atoms with Crippen LogP contribution < -0.4 is 5.32 Å². The Morgan fingerprint density at radius 3 is 2.45 bits per heavy atom. The summed E-state index contributed by atoms with van der Waals surface area (Å²) in [6.45, 7) is 0.376. The molecule has 3 rings (SSSR count). The van der Waals surface area contributed by atoms with E-state index in [1.54, 1.807) is 0 Å². The molecule has 11 heteroatoms. The van der Waals surface area contributed by atoms with Crippen LogP contribution in [-0.4, -0.2) is 70.8 Å². The smallest absolute Gasteiger partial charge is 0.351 e. The Hall–Kier alpha value is -2.56. The lowest BCUT2D eigenvalue weighted by molar-refractivity contribution is -0.138. The summed E-state index contributed by atoms with van der Waals surface area (Å²) in [6.07, 6.45) is -1.24. The fourth-order valence-corrected chi connectivity index (χ4v) is 4.48. The van der Waals surface area contributed by atoms with Gasteiger partial charge in [0, 0.05) is 37.8 Å². The zero-order valence-electron chi connectivity index (χ0n) is 16.9. The van der Waals surface area contributed by atoms with Gasteiger partial charge in [-0.2, -0.15) is 18.2 Å². The topological polar surface area (TPSA) is 82.1 Å². The number of nitrogens with one attached hydrogen (secondary N) is 1. The van der Waals surface area contributed by atoms with E-state index in [1.807, 2.05) is 0 Å². The number of rotatable bonds is 5. The van der Waals surface area contributed by atoms with Gasteiger partial charge in [0.05, 0.1) is 0 Å². The average molecular weight is 456 g/mol. The van der Waals surface area contributed by atoms with Crippen molar-refractivity contribution in [2.75, 3.05) is 32.0 Å². The second-order valence-electron chi connectivity index (χ2n) is 7.49. The molecule has 1 fully saturated rings. The molecule has 1 N–H and O–H groups in total. The van der Waals surface area contributed by atoms with Crippen molar-refractivity contribution in [3.63, 3.8) is 0 Å². The minimum atomic E-state index is -4.48. The minimum absolute atomic E-state index is 0.0423. The van der Waals surface area contributed by atoms with Crippen molar-refractivity contribution in [2.24, 2.45) is 4.99 Å². The third-order valence-corrected chi connectivity index (χ3v) is 6.12. The summed E-state index contributed by atoms with van der Waals surface area (Å²) in [6, 6.07) is 5.56. The number of carbonyl (C=O) groups excluding carboxylic acids is 3. The summed E-state index contributed by atoms with van der Waals surface area (Å²) < 4.78 is 37.3. The summed E-state index contributed by atoms with van der Waals surface area (Å²) >= 11 is 1.30. The van der Waals surface area contributed by atoms with Crippen molar-refractivity contribution in [1.29, 1.82) is 0 Å². The fourth-order valence-electron chi connectivity index (χ4n) is 3.37. The molecule has 0 radical (unpaired) electrons. The normalized spacial score (nSPS) is 19.2. The van der Waals surface area contributed by atoms with Crippen molar-refractivity contribution in [3.8, 4) is 0 Å². The highest BCUT2D eigenvalue weighted by atomic mass is 32.2. The van der Waals surface area contributed by atoms with Gasteiger partial charge in [0.25, 0.3) is 11.8 Å². The number of nitrogens with zero attached hydrogens (tertiary/aromatic N) is 3. The number of piperidine rings is 1. The first-order chi connectivity index (χ1) is 14.6. The molecule has 3 amide bonds. The molecule has 1 aromatic rings. The average Bonchev–Trinajstić information content (AvgIpc) is 3.07. The lowest BCUT2D eigenvalue weighted by Gasteiger charge is -2.27. The molecule has 1 unspecified atom stereocenters. The lowest BCUT2D eigenvalue weighted by atomic mass is 10.1. The minimum Gasteiger partial charge on any atom is -0.351 e. The predicted octanol–water partition coefficient (Wildman–Crippen LogP) is 3.13. The highest BCUT2D eigenvalue weighted by Gasteiger charge is 2.34. The number of halogens is 3. The second-order valence-corrected chi connectivity index (χ2v) is 8.66. The van der Waals surface area contributed by atoms with Gasteiger partial charge in [-0.3, -0.25) is 14.4 Å². The maximum atomic E-state index is 12.4. The van der Waals surface area contributed by atoms with Crippen LogP contribution in [-0.2, 0) is 9.59 Å². The van der Waals surface area contributed by atoms with E-state index in [2.05, 4.69) is 15.2 Å². The Bertz CT molecular complexity index is 867. The standard InChI is InChI=1S/C20H23F3N4O3S/c1-26(12-20(21,22)23)18(30)13-5-7-14(8-6-13)24-16(28)11-15-17(29)25-19(31-15)27-9-3-2-4-10-27/h5-8,15H,2-4,9-12H2,1H3,(H,24,28). The third-order valence-electron chi connectivity index (χ3n) is 4.91. The van der Waals surface area contributed by atoms with Crippen LogP contribution in [0.15, 0.2) is 29.3 Å². The van der Waals surface area contributed by atoms with Crippen molar-refractivity contribution in [2.45, 2.75) is 37.1 Å². The Morgan fingerprint density at radius 1 is 1.19 bits per heavy atom. The fraction of sp³-hybridized carbons (Fsp3) is 0.500. The van der Waals surface area contributed by atoms with Crippen LogP contribution >= 0.6 is 11.8 Å². The van der Waals surface area contributed by atoms with Crippen LogP contribution in [0, 0.1) is 0 Å². The molecule has 1 atom stereocenters. The van der Waals surface area contributed by atoms with Crippen LogP contribution in [0.2, 0.25) is 0 Å². The van der Waals surface area contributed by atoms with E-state index in [1.165, 1.54) is 36.0 Å². The molecule has 0 saturated carbocycles. The summed E-state index contributed by atoms with van der Waals surface area (Å²) in [7, 11) is 1.07. The molecule has 1 saturated heterocycles. The maximum absolute atomic E-state index is 12.4. The Morgan fingerprint density at radius 2 is 1.84 bits per heavy atom. The number of thioether (sulfide) groups is 1. The van der Waals surface area contributed by atoms with Gasteiger partial charge in [-0.1, -0.05) is 11.8 Å². The van der Waals surface area contributed by atoms with Crippen molar-refractivity contribution < 1.29 is 27.6 Å². The van der Waals surface area contributed by atoms with E-state index in [4.69, 9.17) is 0 Å². The third kappa shape index (κ3) is 6.46. The number of hydrogen-bond donors (Lipinski definition) is 1. The van der Waals surface area contributed by atoms with E-state index < -0.39 is 23.9 Å². The van der Waals surface area contributed by atoms with E-state index in [-0.39, 0.29) is 23.8 Å². The van der Waals surface area contributed by atoms with Gasteiger partial charge in [0.15, 0.2) is 5.17 Å². The number of amides is 3. The molecule has 0 bridgehead atoms. The molecule has 2 aliphatic heterocycles. The summed E-state index contributed by atoms with van der Waals surface area (Å²) in [4.78, 5) is 43.3. The molecule has 31 heavy (non-hydrogen) atoms. The monoisotopic (exact) mass is 456 g/mol. The van der Waals surface area contributed by atoms with Gasteiger partial charge in [-0.05, 0) is 43.5 Å². The van der Waals surface area contributed by atoms with Crippen LogP contribution in [0.5, 0.6) is 0 Å². The molecule has 2 heterocycles. The van der Waals surface area contributed by atoms with Gasteiger partial charge >= 0.3 is 6.18 Å². The number of likely N-dealkylation sites (tertiary alicyclic amines) is 1. The van der Waals surface area contributed by atoms with E-state index in [0.29, 0.717) is 15.8 Å². The van der Waals surface area contributed by atoms with Crippen LogP contribution in [0.1, 0.15) is 36.0 Å². The van der Waals surface area contributed by atoms with Crippen LogP contribution in [0.25, 0.3) is 0 Å². The zero-order valence-corrected chi connectivity index (χ0v) is 17.8. The molecule has 7 nitrogen and oxygen atoms in total. The van der Waals surface area contributed by atoms with Crippen LogP contribution in [0.3, 0.4) is 0 Å². The van der Waals surface area contributed by atoms with Gasteiger partial charge < -0.3 is 15.1 Å². The Labute approximate surface area is 182 Å². The SMILES string of the molecule is CN(CC(F)(F)F)C(=O)c1ccc(NC(=O)CC2SC(N3CCCCC3)=NC2=O)cc1. The zero-order chi connectivity index (χ0) is 22.6. The first kappa shape index (κ1) is 23.1. The van der Waals surface area contributed by atoms with Crippen molar-refractivity contribution in [3.05, 3.63) is 29.8 Å². The summed E-state index contributed by atoms with van der Waals surface area (Å²) in [5, 5.41) is 2.74. The van der Waals surface area contributed by atoms with Gasteiger partial charge in [-0.25, -0.2) is 0 Å². The molecule has 0 spiro atoms. The van der Waals surface area contributed by atoms with Crippen LogP contribution in [0.4, 0.5) is 18.9 Å². The first-order valence-electron chi connectivity index (χ1n) is 9.88. The highest BCUT2D eigenvalue weighted by molar-refractivity contribution is 8.15. The van der Waals surface area contributed by atoms with Gasteiger partial charge in [0.1, 0.15) is 11.8 Å². The number of carbonyl (C=O) groups is 3. The van der Waals surface area contributed by atoms with E-state index >= 15 is 0 Å². The van der Waals surface area contributed by atoms with E-state index in [9.17, 15) is 27.6 Å². The maximum Gasteiger partial charge on any atom is 0.406 e. The quantitative estimate of drug-likeness (QED) is 0.736. The Balaban J connectivity index is 1.51. The number of benzene rings is 1.